The van der Waals surface area contributed by atoms with Crippen molar-refractivity contribution < 1.29 is 18.7 Å². The molecule has 1 unspecified atom stereocenters. The Morgan fingerprint density at radius 3 is 2.67 bits per heavy atom. The normalized spacial score (nSPS) is 11.8. The summed E-state index contributed by atoms with van der Waals surface area (Å²) in [7, 11) is 0. The molecule has 6 nitrogen and oxygen atoms in total. The summed E-state index contributed by atoms with van der Waals surface area (Å²) in [5.41, 5.74) is 0.254. The predicted octanol–water partition coefficient (Wildman–Crippen LogP) is 3.50. The first kappa shape index (κ1) is 18.6. The number of hydrogen-bond acceptors (Lipinski definition) is 4. The fourth-order valence-corrected chi connectivity index (χ4v) is 2.69. The largest absolute Gasteiger partial charge is 0.449 e. The van der Waals surface area contributed by atoms with Gasteiger partial charge in [0.15, 0.2) is 6.10 Å². The number of nitrogens with one attached hydrogen (secondary N) is 2. The highest BCUT2D eigenvalue weighted by Gasteiger charge is 2.21. The van der Waals surface area contributed by atoms with Gasteiger partial charge in [0, 0.05) is 17.0 Å². The Kier molecular flexibility index (Phi) is 5.23. The molecule has 1 aromatic heterocycles. The van der Waals surface area contributed by atoms with E-state index in [1.807, 2.05) is 0 Å². The van der Waals surface area contributed by atoms with E-state index in [-0.39, 0.29) is 16.3 Å². The van der Waals surface area contributed by atoms with Crippen molar-refractivity contribution in [2.75, 3.05) is 5.32 Å². The molecule has 3 aromatic rings. The molecule has 2 aromatic carbocycles. The Morgan fingerprint density at radius 2 is 1.93 bits per heavy atom. The van der Waals surface area contributed by atoms with Crippen LogP contribution in [0.5, 0.6) is 0 Å². The van der Waals surface area contributed by atoms with Gasteiger partial charge >= 0.3 is 5.97 Å². The van der Waals surface area contributed by atoms with Crippen molar-refractivity contribution in [3.63, 3.8) is 0 Å². The first-order valence-corrected chi connectivity index (χ1v) is 8.32. The van der Waals surface area contributed by atoms with Crippen LogP contribution in [0.15, 0.2) is 53.3 Å². The first-order chi connectivity index (χ1) is 12.8. The summed E-state index contributed by atoms with van der Waals surface area (Å²) < 4.78 is 18.2. The van der Waals surface area contributed by atoms with Crippen molar-refractivity contribution in [2.24, 2.45) is 0 Å². The van der Waals surface area contributed by atoms with Crippen LogP contribution in [-0.4, -0.2) is 23.0 Å². The van der Waals surface area contributed by atoms with Crippen LogP contribution in [-0.2, 0) is 9.53 Å². The molecule has 27 heavy (non-hydrogen) atoms. The minimum absolute atomic E-state index is 0.0162. The molecular formula is C19H14ClFN2O4. The highest BCUT2D eigenvalue weighted by Crippen LogP contribution is 2.23. The predicted molar refractivity (Wildman–Crippen MR) is 99.5 cm³/mol. The Hall–Kier alpha value is -3.19. The van der Waals surface area contributed by atoms with E-state index in [9.17, 15) is 18.8 Å². The van der Waals surface area contributed by atoms with Gasteiger partial charge in [-0.3, -0.25) is 9.59 Å². The van der Waals surface area contributed by atoms with Crippen molar-refractivity contribution in [3.8, 4) is 0 Å². The number of rotatable bonds is 4. The van der Waals surface area contributed by atoms with E-state index in [4.69, 9.17) is 16.3 Å². The number of aromatic nitrogens is 1. The molecule has 0 aliphatic heterocycles. The second kappa shape index (κ2) is 7.59. The molecule has 3 rings (SSSR count). The van der Waals surface area contributed by atoms with E-state index in [0.717, 1.165) is 18.2 Å². The fourth-order valence-electron chi connectivity index (χ4n) is 2.48. The molecule has 0 radical (unpaired) electrons. The zero-order chi connectivity index (χ0) is 19.6. The number of carbonyl (C=O) groups excluding carboxylic acids is 2. The SMILES string of the molecule is CC(OC(=O)c1cc(=O)[nH]c2ccccc12)C(=O)Nc1ccc(F)cc1Cl. The molecule has 0 fully saturated rings. The average molecular weight is 389 g/mol. The summed E-state index contributed by atoms with van der Waals surface area (Å²) in [5, 5.41) is 2.97. The Bertz CT molecular complexity index is 1100. The lowest BCUT2D eigenvalue weighted by Gasteiger charge is -2.15. The van der Waals surface area contributed by atoms with Crippen LogP contribution in [0.1, 0.15) is 17.3 Å². The lowest BCUT2D eigenvalue weighted by molar-refractivity contribution is -0.123. The maximum atomic E-state index is 13.1. The van der Waals surface area contributed by atoms with E-state index >= 15 is 0 Å². The van der Waals surface area contributed by atoms with Gasteiger partial charge in [0.25, 0.3) is 5.91 Å². The van der Waals surface area contributed by atoms with Crippen LogP contribution in [0.2, 0.25) is 5.02 Å². The molecule has 0 saturated carbocycles. The van der Waals surface area contributed by atoms with Crippen molar-refractivity contribution >= 4 is 40.1 Å². The Balaban J connectivity index is 1.78. The van der Waals surface area contributed by atoms with Crippen LogP contribution in [0.3, 0.4) is 0 Å². The van der Waals surface area contributed by atoms with Gasteiger partial charge in [0.1, 0.15) is 5.82 Å². The molecule has 0 spiro atoms. The number of ether oxygens (including phenoxy) is 1. The van der Waals surface area contributed by atoms with E-state index in [0.29, 0.717) is 10.9 Å². The van der Waals surface area contributed by atoms with Crippen molar-refractivity contribution in [2.45, 2.75) is 13.0 Å². The van der Waals surface area contributed by atoms with Gasteiger partial charge in [-0.2, -0.15) is 0 Å². The molecule has 0 aliphatic rings. The number of fused-ring (bicyclic) bond motifs is 1. The van der Waals surface area contributed by atoms with E-state index in [1.54, 1.807) is 24.3 Å². The van der Waals surface area contributed by atoms with Crippen LogP contribution >= 0.6 is 11.6 Å². The number of amides is 1. The number of H-pyrrole nitrogens is 1. The van der Waals surface area contributed by atoms with Crippen LogP contribution in [0.25, 0.3) is 10.9 Å². The number of anilines is 1. The zero-order valence-electron chi connectivity index (χ0n) is 14.1. The number of carbonyl (C=O) groups is 2. The molecule has 1 amide bonds. The van der Waals surface area contributed by atoms with Crippen molar-refractivity contribution in [1.82, 2.24) is 4.98 Å². The summed E-state index contributed by atoms with van der Waals surface area (Å²) in [5.74, 6) is -2.00. The maximum absolute atomic E-state index is 13.1. The second-order valence-electron chi connectivity index (χ2n) is 5.75. The number of halogens is 2. The Morgan fingerprint density at radius 1 is 1.19 bits per heavy atom. The molecule has 1 atom stereocenters. The molecule has 138 valence electrons. The number of benzene rings is 2. The quantitative estimate of drug-likeness (QED) is 0.669. The third kappa shape index (κ3) is 4.15. The van der Waals surface area contributed by atoms with Gasteiger partial charge in [-0.05, 0) is 31.2 Å². The first-order valence-electron chi connectivity index (χ1n) is 7.94. The third-order valence-corrected chi connectivity index (χ3v) is 4.13. The summed E-state index contributed by atoms with van der Waals surface area (Å²) in [6.07, 6.45) is -1.17. The van der Waals surface area contributed by atoms with Gasteiger partial charge in [0.05, 0.1) is 16.3 Å². The van der Waals surface area contributed by atoms with Crippen LogP contribution in [0, 0.1) is 5.82 Å². The molecule has 8 heteroatoms. The van der Waals surface area contributed by atoms with Gasteiger partial charge in [-0.15, -0.1) is 0 Å². The van der Waals surface area contributed by atoms with Gasteiger partial charge in [0.2, 0.25) is 5.56 Å². The summed E-state index contributed by atoms with van der Waals surface area (Å²) in [4.78, 5) is 39.1. The summed E-state index contributed by atoms with van der Waals surface area (Å²) >= 11 is 5.86. The summed E-state index contributed by atoms with van der Waals surface area (Å²) in [6.45, 7) is 1.38. The van der Waals surface area contributed by atoms with E-state index in [2.05, 4.69) is 10.3 Å². The molecule has 2 N–H and O–H groups in total. The molecule has 0 bridgehead atoms. The van der Waals surface area contributed by atoms with Crippen molar-refractivity contribution in [3.05, 3.63) is 75.3 Å². The van der Waals surface area contributed by atoms with Crippen molar-refractivity contribution in [1.29, 1.82) is 0 Å². The highest BCUT2D eigenvalue weighted by atomic mass is 35.5. The standard InChI is InChI=1S/C19H14ClFN2O4/c1-10(18(25)23-16-7-6-11(21)8-14(16)20)27-19(26)13-9-17(24)22-15-5-3-2-4-12(13)15/h2-10H,1H3,(H,22,24)(H,23,25). The molecule has 1 heterocycles. The highest BCUT2D eigenvalue weighted by molar-refractivity contribution is 6.33. The van der Waals surface area contributed by atoms with E-state index < -0.39 is 29.4 Å². The van der Waals surface area contributed by atoms with Gasteiger partial charge in [-0.1, -0.05) is 29.8 Å². The van der Waals surface area contributed by atoms with Crippen LogP contribution < -0.4 is 10.9 Å². The second-order valence-corrected chi connectivity index (χ2v) is 6.16. The smallest absolute Gasteiger partial charge is 0.339 e. The number of pyridine rings is 1. The maximum Gasteiger partial charge on any atom is 0.339 e. The van der Waals surface area contributed by atoms with Crippen LogP contribution in [0.4, 0.5) is 10.1 Å². The minimum Gasteiger partial charge on any atom is -0.449 e. The Labute approximate surface area is 157 Å². The lowest BCUT2D eigenvalue weighted by atomic mass is 10.1. The fraction of sp³-hybridized carbons (Fsp3) is 0.105. The summed E-state index contributed by atoms with van der Waals surface area (Å²) in [6, 6.07) is 11.3. The molecule has 0 aliphatic carbocycles. The lowest BCUT2D eigenvalue weighted by Crippen LogP contribution is -2.30. The monoisotopic (exact) mass is 388 g/mol. The molecular weight excluding hydrogens is 375 g/mol. The van der Waals surface area contributed by atoms with Gasteiger partial charge < -0.3 is 15.0 Å². The number of hydrogen-bond donors (Lipinski definition) is 2. The number of para-hydroxylation sites is 1. The third-order valence-electron chi connectivity index (χ3n) is 3.81. The topological polar surface area (TPSA) is 88.3 Å². The minimum atomic E-state index is -1.17. The average Bonchev–Trinajstić information content (AvgIpc) is 2.63. The zero-order valence-corrected chi connectivity index (χ0v) is 14.8. The van der Waals surface area contributed by atoms with Gasteiger partial charge in [-0.25, -0.2) is 9.18 Å². The molecule has 0 saturated heterocycles. The van der Waals surface area contributed by atoms with E-state index in [1.165, 1.54) is 13.0 Å². The number of esters is 1. The number of aromatic amines is 1.